The topological polar surface area (TPSA) is 61.8 Å². The lowest BCUT2D eigenvalue weighted by atomic mass is 9.72. The Labute approximate surface area is 229 Å². The van der Waals surface area contributed by atoms with Gasteiger partial charge in [-0.2, -0.15) is 0 Å². The number of halogens is 1. The van der Waals surface area contributed by atoms with Crippen LogP contribution in [0.1, 0.15) is 56.6 Å². The van der Waals surface area contributed by atoms with E-state index in [0.29, 0.717) is 18.6 Å². The van der Waals surface area contributed by atoms with Crippen molar-refractivity contribution in [2.24, 2.45) is 17.8 Å². The summed E-state index contributed by atoms with van der Waals surface area (Å²) in [5, 5.41) is 15.3. The van der Waals surface area contributed by atoms with Gasteiger partial charge in [0.15, 0.2) is 0 Å². The SMILES string of the molecule is C=O.CNCC1CC1C.COCCCCC(O)(c1cccc(F)c1-c1cccc(C)c1)C1CCCN(C)C1. The molecule has 0 bridgehead atoms. The van der Waals surface area contributed by atoms with Gasteiger partial charge in [-0.15, -0.1) is 0 Å². The highest BCUT2D eigenvalue weighted by Gasteiger charge is 2.41. The van der Waals surface area contributed by atoms with Crippen LogP contribution in [-0.4, -0.2) is 64.2 Å². The number of piperidine rings is 1. The molecule has 1 aliphatic heterocycles. The molecule has 2 fully saturated rings. The predicted octanol–water partition coefficient (Wildman–Crippen LogP) is 5.82. The average Bonchev–Trinajstić information content (AvgIpc) is 3.62. The van der Waals surface area contributed by atoms with Crippen molar-refractivity contribution in [3.8, 4) is 11.1 Å². The molecule has 6 heteroatoms. The van der Waals surface area contributed by atoms with Crippen LogP contribution in [0.4, 0.5) is 4.39 Å². The first-order chi connectivity index (χ1) is 18.3. The molecule has 4 rings (SSSR count). The predicted molar refractivity (Wildman–Crippen MR) is 155 cm³/mol. The normalized spacial score (nSPS) is 22.3. The third kappa shape index (κ3) is 8.98. The van der Waals surface area contributed by atoms with E-state index in [4.69, 9.17) is 9.53 Å². The summed E-state index contributed by atoms with van der Waals surface area (Å²) in [6, 6.07) is 13.1. The zero-order valence-electron chi connectivity index (χ0n) is 24.1. The fourth-order valence-electron chi connectivity index (χ4n) is 5.68. The van der Waals surface area contributed by atoms with Gasteiger partial charge in [-0.1, -0.05) is 48.9 Å². The third-order valence-corrected chi connectivity index (χ3v) is 7.99. The number of aliphatic hydroxyl groups is 1. The Bertz CT molecular complexity index is 971. The zero-order chi connectivity index (χ0) is 28.1. The van der Waals surface area contributed by atoms with Crippen LogP contribution in [0.2, 0.25) is 0 Å². The van der Waals surface area contributed by atoms with Crippen LogP contribution in [-0.2, 0) is 15.1 Å². The molecule has 4 unspecified atom stereocenters. The Morgan fingerprint density at radius 2 is 1.92 bits per heavy atom. The number of carbonyl (C=O) groups is 1. The number of ether oxygens (including phenoxy) is 1. The van der Waals surface area contributed by atoms with Crippen LogP contribution >= 0.6 is 0 Å². The summed E-state index contributed by atoms with van der Waals surface area (Å²) in [5.74, 6) is 1.82. The highest BCUT2D eigenvalue weighted by atomic mass is 19.1. The van der Waals surface area contributed by atoms with Crippen LogP contribution in [0, 0.1) is 30.5 Å². The van der Waals surface area contributed by atoms with Crippen molar-refractivity contribution in [1.82, 2.24) is 10.2 Å². The molecule has 5 nitrogen and oxygen atoms in total. The van der Waals surface area contributed by atoms with Crippen molar-refractivity contribution in [1.29, 1.82) is 0 Å². The number of nitrogens with zero attached hydrogens (tertiary/aromatic N) is 1. The van der Waals surface area contributed by atoms with Crippen molar-refractivity contribution >= 4 is 6.79 Å². The van der Waals surface area contributed by atoms with E-state index in [1.165, 1.54) is 19.0 Å². The first-order valence-corrected chi connectivity index (χ1v) is 14.0. The lowest BCUT2D eigenvalue weighted by Gasteiger charge is -2.43. The summed E-state index contributed by atoms with van der Waals surface area (Å²) >= 11 is 0. The van der Waals surface area contributed by atoms with Gasteiger partial charge in [0.2, 0.25) is 0 Å². The summed E-state index contributed by atoms with van der Waals surface area (Å²) in [6.07, 6.45) is 5.79. The van der Waals surface area contributed by atoms with Crippen molar-refractivity contribution < 1.29 is 19.0 Å². The minimum Gasteiger partial charge on any atom is -0.385 e. The number of hydrogen-bond acceptors (Lipinski definition) is 5. The molecule has 38 heavy (non-hydrogen) atoms. The molecule has 0 spiro atoms. The molecule has 4 atom stereocenters. The number of likely N-dealkylation sites (tertiary alicyclic amines) is 1. The van der Waals surface area contributed by atoms with Crippen molar-refractivity contribution in [2.45, 2.75) is 58.0 Å². The summed E-state index contributed by atoms with van der Waals surface area (Å²) in [6.45, 7) is 10.1. The van der Waals surface area contributed by atoms with E-state index in [1.807, 2.05) is 51.1 Å². The Hall–Kier alpha value is -2.12. The highest BCUT2D eigenvalue weighted by molar-refractivity contribution is 5.70. The first kappa shape index (κ1) is 32.1. The number of carbonyl (C=O) groups excluding carboxylic acids is 1. The number of benzene rings is 2. The molecule has 2 aromatic carbocycles. The second-order valence-electron chi connectivity index (χ2n) is 11.0. The monoisotopic (exact) mass is 528 g/mol. The molecule has 212 valence electrons. The standard InChI is InChI=1S/C25H34FNO2.C6H13N.CH2O/c1-19-9-6-10-20(17-19)24-22(12-7-13-23(24)26)25(28,14-4-5-16-29-3)21-11-8-15-27(2)18-21;1-5-3-6(5)4-7-2;1-2/h6-7,9-10,12-13,17,21,28H,4-5,8,11,14-16,18H2,1-3H3;5-7H,3-4H2,1-2H3;1H2. The largest absolute Gasteiger partial charge is 0.385 e. The lowest BCUT2D eigenvalue weighted by molar-refractivity contribution is -0.0980. The molecule has 2 aliphatic rings. The quantitative estimate of drug-likeness (QED) is 0.380. The van der Waals surface area contributed by atoms with Gasteiger partial charge >= 0.3 is 0 Å². The summed E-state index contributed by atoms with van der Waals surface area (Å²) in [5.41, 5.74) is 2.11. The summed E-state index contributed by atoms with van der Waals surface area (Å²) in [4.78, 5) is 10.3. The van der Waals surface area contributed by atoms with Gasteiger partial charge in [0.05, 0.1) is 5.60 Å². The number of rotatable bonds is 10. The molecular weight excluding hydrogens is 479 g/mol. The smallest absolute Gasteiger partial charge is 0.131 e. The summed E-state index contributed by atoms with van der Waals surface area (Å²) < 4.78 is 20.3. The van der Waals surface area contributed by atoms with Gasteiger partial charge in [-0.05, 0) is 102 Å². The summed E-state index contributed by atoms with van der Waals surface area (Å²) in [7, 11) is 5.82. The van der Waals surface area contributed by atoms with Crippen LogP contribution in [0.3, 0.4) is 0 Å². The fraction of sp³-hybridized carbons (Fsp3) is 0.594. The van der Waals surface area contributed by atoms with Gasteiger partial charge in [-0.25, -0.2) is 4.39 Å². The second kappa shape index (κ2) is 16.1. The van der Waals surface area contributed by atoms with Gasteiger partial charge in [0.25, 0.3) is 0 Å². The second-order valence-corrected chi connectivity index (χ2v) is 11.0. The van der Waals surface area contributed by atoms with Crippen LogP contribution in [0.15, 0.2) is 42.5 Å². The van der Waals surface area contributed by atoms with Crippen molar-refractivity contribution in [3.63, 3.8) is 0 Å². The minimum absolute atomic E-state index is 0.0779. The fourth-order valence-corrected chi connectivity index (χ4v) is 5.68. The van der Waals surface area contributed by atoms with E-state index >= 15 is 4.39 Å². The van der Waals surface area contributed by atoms with E-state index in [1.54, 1.807) is 13.2 Å². The first-order valence-electron chi connectivity index (χ1n) is 14.0. The van der Waals surface area contributed by atoms with Crippen molar-refractivity contribution in [3.05, 3.63) is 59.4 Å². The maximum absolute atomic E-state index is 15.1. The molecule has 0 aromatic heterocycles. The van der Waals surface area contributed by atoms with E-state index in [9.17, 15) is 5.11 Å². The van der Waals surface area contributed by atoms with E-state index in [-0.39, 0.29) is 11.7 Å². The van der Waals surface area contributed by atoms with Gasteiger partial charge in [0.1, 0.15) is 12.6 Å². The van der Waals surface area contributed by atoms with E-state index in [2.05, 4.69) is 24.2 Å². The molecule has 1 saturated carbocycles. The maximum atomic E-state index is 15.1. The maximum Gasteiger partial charge on any atom is 0.131 e. The molecule has 0 amide bonds. The van der Waals surface area contributed by atoms with E-state index < -0.39 is 5.60 Å². The Kier molecular flexibility index (Phi) is 13.6. The highest BCUT2D eigenvalue weighted by Crippen LogP contribution is 2.44. The molecule has 0 radical (unpaired) electrons. The molecular formula is C32H49FN2O3. The molecule has 1 aliphatic carbocycles. The van der Waals surface area contributed by atoms with Gasteiger partial charge < -0.3 is 24.9 Å². The number of aryl methyl sites for hydroxylation is 1. The van der Waals surface area contributed by atoms with E-state index in [0.717, 1.165) is 67.3 Å². The average molecular weight is 529 g/mol. The van der Waals surface area contributed by atoms with Crippen LogP contribution in [0.25, 0.3) is 11.1 Å². The molecule has 2 N–H and O–H groups in total. The number of methoxy groups -OCH3 is 1. The number of unbranched alkanes of at least 4 members (excludes halogenated alkanes) is 1. The Morgan fingerprint density at radius 1 is 1.21 bits per heavy atom. The molecule has 2 aromatic rings. The number of nitrogens with one attached hydrogen (secondary N) is 1. The molecule has 1 saturated heterocycles. The van der Waals surface area contributed by atoms with Crippen LogP contribution < -0.4 is 5.32 Å². The van der Waals surface area contributed by atoms with Crippen molar-refractivity contribution in [2.75, 3.05) is 47.4 Å². The minimum atomic E-state index is -1.07. The Balaban J connectivity index is 0.000000481. The third-order valence-electron chi connectivity index (χ3n) is 7.99. The Morgan fingerprint density at radius 3 is 2.50 bits per heavy atom. The zero-order valence-corrected chi connectivity index (χ0v) is 24.1. The van der Waals surface area contributed by atoms with Crippen LogP contribution in [0.5, 0.6) is 0 Å². The number of hydrogen-bond donors (Lipinski definition) is 2. The van der Waals surface area contributed by atoms with Gasteiger partial charge in [0, 0.05) is 31.7 Å². The van der Waals surface area contributed by atoms with Gasteiger partial charge in [-0.3, -0.25) is 0 Å². The molecule has 1 heterocycles. The lowest BCUT2D eigenvalue weighted by Crippen LogP contribution is -2.45.